The Morgan fingerprint density at radius 3 is 2.62 bits per heavy atom. The van der Waals surface area contributed by atoms with Gasteiger partial charge in [-0.2, -0.15) is 5.10 Å². The summed E-state index contributed by atoms with van der Waals surface area (Å²) >= 11 is 6.10. The molecule has 0 aliphatic heterocycles. The number of hydrogen-bond acceptors (Lipinski definition) is 7. The van der Waals surface area contributed by atoms with Crippen LogP contribution in [0.5, 0.6) is 0 Å². The summed E-state index contributed by atoms with van der Waals surface area (Å²) in [7, 11) is -2.11. The minimum Gasteiger partial charge on any atom is -0.351 e. The van der Waals surface area contributed by atoms with E-state index >= 15 is 0 Å². The molecule has 1 saturated carbocycles. The highest BCUT2D eigenvalue weighted by molar-refractivity contribution is 7.92. The number of aryl methyl sites for hydroxylation is 2. The van der Waals surface area contributed by atoms with Crippen molar-refractivity contribution < 1.29 is 8.42 Å². The molecule has 0 bridgehead atoms. The fraction of sp³-hybridized carbons (Fsp3) is 0.346. The van der Waals surface area contributed by atoms with Crippen molar-refractivity contribution in [3.63, 3.8) is 0 Å². The van der Waals surface area contributed by atoms with Gasteiger partial charge in [-0.15, -0.1) is 0 Å². The highest BCUT2D eigenvalue weighted by Gasteiger charge is 2.21. The summed E-state index contributed by atoms with van der Waals surface area (Å²) in [4.78, 5) is 9.40. The van der Waals surface area contributed by atoms with Gasteiger partial charge < -0.3 is 11.1 Å². The van der Waals surface area contributed by atoms with Crippen molar-refractivity contribution in [1.82, 2.24) is 19.7 Å². The summed E-state index contributed by atoms with van der Waals surface area (Å²) < 4.78 is 29.9. The fourth-order valence-electron chi connectivity index (χ4n) is 4.79. The molecule has 1 aliphatic carbocycles. The first-order chi connectivity index (χ1) is 17.7. The third-order valence-electron chi connectivity index (χ3n) is 6.79. The van der Waals surface area contributed by atoms with Crippen LogP contribution in [0.25, 0.3) is 22.2 Å². The number of benzene rings is 2. The summed E-state index contributed by atoms with van der Waals surface area (Å²) in [6, 6.07) is 12.7. The molecule has 0 amide bonds. The number of anilines is 2. The molecular formula is C26H30ClN7O2S. The summed E-state index contributed by atoms with van der Waals surface area (Å²) in [5.41, 5.74) is 9.66. The lowest BCUT2D eigenvalue weighted by Crippen LogP contribution is -2.33. The largest absolute Gasteiger partial charge is 0.351 e. The van der Waals surface area contributed by atoms with E-state index in [1.807, 2.05) is 12.3 Å². The second-order valence-electron chi connectivity index (χ2n) is 9.45. The molecule has 0 spiro atoms. The van der Waals surface area contributed by atoms with Gasteiger partial charge in [-0.3, -0.25) is 9.40 Å². The van der Waals surface area contributed by atoms with E-state index < -0.39 is 10.0 Å². The number of rotatable bonds is 7. The Labute approximate surface area is 221 Å². The van der Waals surface area contributed by atoms with E-state index in [2.05, 4.69) is 33.1 Å². The first-order valence-corrected chi connectivity index (χ1v) is 14.2. The number of nitrogens with one attached hydrogen (secondary N) is 2. The van der Waals surface area contributed by atoms with Gasteiger partial charge >= 0.3 is 0 Å². The van der Waals surface area contributed by atoms with Crippen LogP contribution in [-0.2, 0) is 23.5 Å². The van der Waals surface area contributed by atoms with Crippen molar-refractivity contribution in [2.24, 2.45) is 12.8 Å². The van der Waals surface area contributed by atoms with Crippen LogP contribution in [0, 0.1) is 0 Å². The van der Waals surface area contributed by atoms with E-state index in [4.69, 9.17) is 22.3 Å². The molecule has 194 valence electrons. The van der Waals surface area contributed by atoms with Gasteiger partial charge in [0.05, 0.1) is 16.2 Å². The molecule has 0 unspecified atom stereocenters. The Bertz CT molecular complexity index is 1550. The van der Waals surface area contributed by atoms with Crippen molar-refractivity contribution in [2.75, 3.05) is 10.0 Å². The molecule has 4 aromatic rings. The SMILES string of the molecule is CCc1cc(-c2cc(NS(=O)(=O)c3ccccc3Cl)nn2C)cc2cnc(N[C@H]3CC[C@H](N)CC3)nc12. The quantitative estimate of drug-likeness (QED) is 0.310. The maximum absolute atomic E-state index is 12.9. The van der Waals surface area contributed by atoms with E-state index in [1.165, 1.54) is 12.1 Å². The Balaban J connectivity index is 1.43. The third kappa shape index (κ3) is 5.41. The highest BCUT2D eigenvalue weighted by Crippen LogP contribution is 2.30. The zero-order valence-corrected chi connectivity index (χ0v) is 22.4. The smallest absolute Gasteiger partial charge is 0.264 e. The van der Waals surface area contributed by atoms with Gasteiger partial charge in [0.15, 0.2) is 5.82 Å². The van der Waals surface area contributed by atoms with Crippen molar-refractivity contribution in [3.8, 4) is 11.3 Å². The van der Waals surface area contributed by atoms with E-state index in [0.29, 0.717) is 18.0 Å². The minimum atomic E-state index is -3.89. The van der Waals surface area contributed by atoms with E-state index in [-0.39, 0.29) is 15.7 Å². The maximum atomic E-state index is 12.9. The molecule has 0 saturated heterocycles. The summed E-state index contributed by atoms with van der Waals surface area (Å²) in [5.74, 6) is 0.839. The Morgan fingerprint density at radius 2 is 1.89 bits per heavy atom. The number of nitrogens with zero attached hydrogens (tertiary/aromatic N) is 4. The zero-order chi connectivity index (χ0) is 26.2. The average molecular weight is 540 g/mol. The lowest BCUT2D eigenvalue weighted by Gasteiger charge is -2.26. The van der Waals surface area contributed by atoms with Gasteiger partial charge in [0.2, 0.25) is 5.95 Å². The summed E-state index contributed by atoms with van der Waals surface area (Å²) in [6.07, 6.45) is 6.67. The number of nitrogens with two attached hydrogens (primary N) is 1. The lowest BCUT2D eigenvalue weighted by molar-refractivity contribution is 0.410. The summed E-state index contributed by atoms with van der Waals surface area (Å²) in [5, 5.41) is 8.91. The molecule has 2 aromatic heterocycles. The highest BCUT2D eigenvalue weighted by atomic mass is 35.5. The molecule has 37 heavy (non-hydrogen) atoms. The molecule has 1 aliphatic rings. The lowest BCUT2D eigenvalue weighted by atomic mass is 9.92. The second-order valence-corrected chi connectivity index (χ2v) is 11.5. The topological polar surface area (TPSA) is 128 Å². The third-order valence-corrected chi connectivity index (χ3v) is 8.64. The van der Waals surface area contributed by atoms with Gasteiger partial charge in [-0.25, -0.2) is 18.4 Å². The van der Waals surface area contributed by atoms with Crippen molar-refractivity contribution in [1.29, 1.82) is 0 Å². The maximum Gasteiger partial charge on any atom is 0.264 e. The molecule has 2 aromatic carbocycles. The monoisotopic (exact) mass is 539 g/mol. The molecular weight excluding hydrogens is 510 g/mol. The van der Waals surface area contributed by atoms with Crippen LogP contribution >= 0.6 is 11.6 Å². The van der Waals surface area contributed by atoms with Crippen molar-refractivity contribution >= 4 is 44.3 Å². The molecule has 9 nitrogen and oxygen atoms in total. The molecule has 0 radical (unpaired) electrons. The van der Waals surface area contributed by atoms with Crippen LogP contribution in [0.15, 0.2) is 53.6 Å². The Morgan fingerprint density at radius 1 is 1.14 bits per heavy atom. The molecule has 5 rings (SSSR count). The fourth-order valence-corrected chi connectivity index (χ4v) is 6.30. The van der Waals surface area contributed by atoms with Crippen LogP contribution in [0.3, 0.4) is 0 Å². The van der Waals surface area contributed by atoms with Gasteiger partial charge in [0, 0.05) is 42.3 Å². The van der Waals surface area contributed by atoms with Gasteiger partial charge in [0.25, 0.3) is 10.0 Å². The Kier molecular flexibility index (Phi) is 7.06. The normalized spacial score (nSPS) is 18.2. The summed E-state index contributed by atoms with van der Waals surface area (Å²) in [6.45, 7) is 2.09. The predicted octanol–water partition coefficient (Wildman–Crippen LogP) is 4.73. The van der Waals surface area contributed by atoms with Crippen LogP contribution < -0.4 is 15.8 Å². The van der Waals surface area contributed by atoms with E-state index in [0.717, 1.165) is 59.8 Å². The first kappa shape index (κ1) is 25.4. The molecule has 0 atom stereocenters. The van der Waals surface area contributed by atoms with Gasteiger partial charge in [-0.1, -0.05) is 30.7 Å². The molecule has 2 heterocycles. The van der Waals surface area contributed by atoms with Gasteiger partial charge in [-0.05, 0) is 61.9 Å². The van der Waals surface area contributed by atoms with Crippen LogP contribution in [0.4, 0.5) is 11.8 Å². The Hall–Kier alpha value is -3.21. The van der Waals surface area contributed by atoms with Crippen LogP contribution in [0.2, 0.25) is 5.02 Å². The molecule has 1 fully saturated rings. The zero-order valence-electron chi connectivity index (χ0n) is 20.8. The van der Waals surface area contributed by atoms with E-state index in [1.54, 1.807) is 29.9 Å². The number of hydrogen-bond donors (Lipinski definition) is 3. The minimum absolute atomic E-state index is 0.000443. The first-order valence-electron chi connectivity index (χ1n) is 12.4. The second kappa shape index (κ2) is 10.3. The number of aromatic nitrogens is 4. The van der Waals surface area contributed by atoms with Crippen molar-refractivity contribution in [3.05, 3.63) is 59.2 Å². The standard InChI is InChI=1S/C26H30ClN7O2S/c1-3-16-12-17(13-18-15-29-26(31-25(16)18)30-20-10-8-19(28)9-11-20)22-14-24(32-34(22)2)33-37(35,36)23-7-5-4-6-21(23)27/h4-7,12-15,19-20H,3,8-11,28H2,1-2H3,(H,32,33)(H,29,30,31)/t19-,20-. The molecule has 4 N–H and O–H groups in total. The number of halogens is 1. The van der Waals surface area contributed by atoms with E-state index in [9.17, 15) is 8.42 Å². The van der Waals surface area contributed by atoms with Gasteiger partial charge in [0.1, 0.15) is 4.90 Å². The predicted molar refractivity (Wildman–Crippen MR) is 147 cm³/mol. The van der Waals surface area contributed by atoms with Crippen LogP contribution in [0.1, 0.15) is 38.2 Å². The number of sulfonamides is 1. The average Bonchev–Trinajstić information content (AvgIpc) is 3.24. The molecule has 11 heteroatoms. The van der Waals surface area contributed by atoms with Crippen LogP contribution in [-0.4, -0.2) is 40.2 Å². The van der Waals surface area contributed by atoms with Crippen molar-refractivity contribution in [2.45, 2.75) is 56.0 Å². The number of fused-ring (bicyclic) bond motifs is 1.